The Bertz CT molecular complexity index is 324. The molecule has 0 amide bonds. The molecule has 0 rings (SSSR count). The minimum atomic E-state index is -1.47. The van der Waals surface area contributed by atoms with Crippen molar-refractivity contribution in [3.05, 3.63) is 0 Å². The van der Waals surface area contributed by atoms with Crippen LogP contribution in [-0.2, 0) is 4.43 Å². The molecule has 25 heavy (non-hydrogen) atoms. The Hall–Kier alpha value is 0.921. The monoisotopic (exact) mass is 421 g/mol. The van der Waals surface area contributed by atoms with Crippen LogP contribution >= 0.6 is 11.8 Å². The highest BCUT2D eigenvalue weighted by molar-refractivity contribution is 8.01. The lowest BCUT2D eigenvalue weighted by atomic mass is 10.5. The van der Waals surface area contributed by atoms with Crippen LogP contribution < -0.4 is 0 Å². The first-order valence-corrected chi connectivity index (χ1v) is 19.9. The fourth-order valence-electron chi connectivity index (χ4n) is 4.25. The lowest BCUT2D eigenvalue weighted by Gasteiger charge is -2.53. The molecule has 0 bridgehead atoms. The molecular weight excluding hydrogens is 375 g/mol. The zero-order chi connectivity index (χ0) is 19.7. The maximum Gasteiger partial charge on any atom is 0.195 e. The van der Waals surface area contributed by atoms with E-state index in [0.717, 1.165) is 5.25 Å². The van der Waals surface area contributed by atoms with E-state index in [1.807, 2.05) is 7.11 Å². The average molecular weight is 422 g/mol. The van der Waals surface area contributed by atoms with Crippen LogP contribution in [0.4, 0.5) is 0 Å². The van der Waals surface area contributed by atoms with Gasteiger partial charge in [-0.05, 0) is 55.9 Å². The van der Waals surface area contributed by atoms with E-state index in [-0.39, 0.29) is 0 Å². The van der Waals surface area contributed by atoms with Crippen molar-refractivity contribution < 1.29 is 4.43 Å². The minimum Gasteiger partial charge on any atom is -0.420 e. The van der Waals surface area contributed by atoms with Gasteiger partial charge in [0.15, 0.2) is 8.32 Å². The number of nitrogens with zero attached hydrogens (tertiary/aromatic N) is 1. The molecule has 0 radical (unpaired) electrons. The molecule has 0 aromatic rings. The second kappa shape index (κ2) is 11.7. The summed E-state index contributed by atoms with van der Waals surface area (Å²) in [6.07, 6.45) is 0. The predicted molar refractivity (Wildman–Crippen MR) is 128 cm³/mol. The van der Waals surface area contributed by atoms with Crippen molar-refractivity contribution in [3.63, 3.8) is 0 Å². The van der Waals surface area contributed by atoms with E-state index in [9.17, 15) is 0 Å². The maximum absolute atomic E-state index is 5.78. The molecule has 0 aliphatic heterocycles. The van der Waals surface area contributed by atoms with Crippen LogP contribution in [0.25, 0.3) is 0 Å². The Morgan fingerprint density at radius 3 is 1.44 bits per heavy atom. The quantitative estimate of drug-likeness (QED) is 0.286. The second-order valence-corrected chi connectivity index (χ2v) is 25.2. The van der Waals surface area contributed by atoms with Gasteiger partial charge in [0.1, 0.15) is 16.5 Å². The molecule has 0 saturated carbocycles. The zero-order valence-corrected chi connectivity index (χ0v) is 22.8. The van der Waals surface area contributed by atoms with E-state index in [0.29, 0.717) is 0 Å². The molecule has 0 heterocycles. The third-order valence-electron chi connectivity index (χ3n) is 6.80. The molecular formula is C19H47NOSSi3. The predicted octanol–water partition coefficient (Wildman–Crippen LogP) is 6.81. The van der Waals surface area contributed by atoms with Gasteiger partial charge in [0.2, 0.25) is 0 Å². The smallest absolute Gasteiger partial charge is 0.195 e. The summed E-state index contributed by atoms with van der Waals surface area (Å²) in [7, 11) is -2.23. The van der Waals surface area contributed by atoms with E-state index < -0.39 is 24.8 Å². The standard InChI is InChI=1S/C19H47NOSSi3/c1-11-24(12-2,13-3)20(25(14-4,15-5)16-6)17-19(7)22-18-23(9,10)21-8/h19H,11-18H2,1-10H3. The van der Waals surface area contributed by atoms with Gasteiger partial charge in [-0.25, -0.2) is 0 Å². The van der Waals surface area contributed by atoms with Crippen molar-refractivity contribution in [1.29, 1.82) is 0 Å². The topological polar surface area (TPSA) is 12.5 Å². The second-order valence-electron chi connectivity index (χ2n) is 8.27. The molecule has 0 aliphatic rings. The average Bonchev–Trinajstić information content (AvgIpc) is 2.63. The summed E-state index contributed by atoms with van der Waals surface area (Å²) < 4.78 is 9.00. The fourth-order valence-corrected chi connectivity index (χ4v) is 21.5. The zero-order valence-electron chi connectivity index (χ0n) is 19.0. The summed E-state index contributed by atoms with van der Waals surface area (Å²) in [6, 6.07) is 8.53. The summed E-state index contributed by atoms with van der Waals surface area (Å²) in [5.74, 6) is 0. The minimum absolute atomic E-state index is 0.718. The number of hydrogen-bond acceptors (Lipinski definition) is 3. The Balaban J connectivity index is 5.53. The van der Waals surface area contributed by atoms with Gasteiger partial charge in [0.05, 0.1) is 0 Å². The van der Waals surface area contributed by atoms with Crippen molar-refractivity contribution in [3.8, 4) is 0 Å². The summed E-state index contributed by atoms with van der Waals surface area (Å²) >= 11 is 2.17. The number of thioether (sulfide) groups is 1. The fraction of sp³-hybridized carbons (Fsp3) is 1.00. The highest BCUT2D eigenvalue weighted by atomic mass is 32.2. The third kappa shape index (κ3) is 6.79. The molecule has 0 N–H and O–H groups in total. The molecule has 1 unspecified atom stereocenters. The van der Waals surface area contributed by atoms with E-state index in [1.165, 1.54) is 48.2 Å². The van der Waals surface area contributed by atoms with Gasteiger partial charge >= 0.3 is 0 Å². The Morgan fingerprint density at radius 1 is 0.800 bits per heavy atom. The molecule has 0 saturated heterocycles. The van der Waals surface area contributed by atoms with Crippen molar-refractivity contribution in [1.82, 2.24) is 4.23 Å². The summed E-state index contributed by atoms with van der Waals surface area (Å²) in [5, 5.41) is 1.94. The van der Waals surface area contributed by atoms with E-state index in [4.69, 9.17) is 4.43 Å². The molecule has 6 heteroatoms. The summed E-state index contributed by atoms with van der Waals surface area (Å²) in [5.41, 5.74) is 0. The summed E-state index contributed by atoms with van der Waals surface area (Å²) in [6.45, 7) is 23.3. The molecule has 2 nitrogen and oxygen atoms in total. The van der Waals surface area contributed by atoms with Crippen LogP contribution in [0.1, 0.15) is 48.5 Å². The largest absolute Gasteiger partial charge is 0.420 e. The Labute approximate surface area is 167 Å². The van der Waals surface area contributed by atoms with Crippen molar-refractivity contribution in [2.75, 3.05) is 19.0 Å². The SMILES string of the molecule is CC[Si](CC)(CC)N(CC(C)SC[Si](C)(C)OC)[Si](CC)(CC)CC. The normalized spacial score (nSPS) is 15.0. The van der Waals surface area contributed by atoms with Crippen LogP contribution in [-0.4, -0.2) is 53.3 Å². The van der Waals surface area contributed by atoms with Crippen LogP contribution in [0.5, 0.6) is 0 Å². The van der Waals surface area contributed by atoms with Gasteiger partial charge in [-0.15, -0.1) is 0 Å². The molecule has 0 spiro atoms. The first-order chi connectivity index (χ1) is 11.7. The first kappa shape index (κ1) is 25.9. The first-order valence-electron chi connectivity index (χ1n) is 10.6. The van der Waals surface area contributed by atoms with Crippen LogP contribution in [0.3, 0.4) is 0 Å². The van der Waals surface area contributed by atoms with Gasteiger partial charge in [-0.3, -0.25) is 0 Å². The van der Waals surface area contributed by atoms with Gasteiger partial charge in [0, 0.05) is 17.7 Å². The Kier molecular flexibility index (Phi) is 12.1. The van der Waals surface area contributed by atoms with E-state index >= 15 is 0 Å². The van der Waals surface area contributed by atoms with Crippen LogP contribution in [0.2, 0.25) is 49.4 Å². The Morgan fingerprint density at radius 2 is 1.16 bits per heavy atom. The lowest BCUT2D eigenvalue weighted by molar-refractivity contribution is 0.410. The maximum atomic E-state index is 5.78. The number of hydrogen-bond donors (Lipinski definition) is 0. The van der Waals surface area contributed by atoms with E-state index in [1.54, 1.807) is 0 Å². The van der Waals surface area contributed by atoms with Gasteiger partial charge in [-0.2, -0.15) is 11.8 Å². The lowest BCUT2D eigenvalue weighted by Crippen LogP contribution is -2.67. The highest BCUT2D eigenvalue weighted by Crippen LogP contribution is 2.37. The van der Waals surface area contributed by atoms with Crippen molar-refractivity contribution in [2.24, 2.45) is 0 Å². The third-order valence-corrected chi connectivity index (χ3v) is 25.5. The molecule has 0 fully saturated rings. The number of rotatable bonds is 14. The van der Waals surface area contributed by atoms with Crippen LogP contribution in [0.15, 0.2) is 0 Å². The van der Waals surface area contributed by atoms with Gasteiger partial charge in [0.25, 0.3) is 0 Å². The van der Waals surface area contributed by atoms with Gasteiger partial charge < -0.3 is 8.66 Å². The molecule has 0 aromatic heterocycles. The van der Waals surface area contributed by atoms with E-state index in [2.05, 4.69) is 77.6 Å². The molecule has 1 atom stereocenters. The molecule has 152 valence electrons. The van der Waals surface area contributed by atoms with Gasteiger partial charge in [-0.1, -0.05) is 48.5 Å². The highest BCUT2D eigenvalue weighted by Gasteiger charge is 2.46. The molecule has 0 aromatic carbocycles. The molecule has 0 aliphatic carbocycles. The van der Waals surface area contributed by atoms with Crippen LogP contribution in [0, 0.1) is 0 Å². The summed E-state index contributed by atoms with van der Waals surface area (Å²) in [4.78, 5) is 0. The van der Waals surface area contributed by atoms with Crippen molar-refractivity contribution in [2.45, 2.75) is 103 Å². The van der Waals surface area contributed by atoms with Crippen molar-refractivity contribution >= 4 is 36.6 Å².